The lowest BCUT2D eigenvalue weighted by Crippen LogP contribution is -2.39. The Balaban J connectivity index is 1.54. The van der Waals surface area contributed by atoms with Crippen LogP contribution in [0.1, 0.15) is 24.8 Å². The van der Waals surface area contributed by atoms with Crippen LogP contribution in [0.2, 0.25) is 0 Å². The first-order chi connectivity index (χ1) is 12.0. The van der Waals surface area contributed by atoms with E-state index >= 15 is 0 Å². The summed E-state index contributed by atoms with van der Waals surface area (Å²) in [6.07, 6.45) is 5.54. The molecule has 0 saturated carbocycles. The first kappa shape index (κ1) is 17.3. The van der Waals surface area contributed by atoms with Gasteiger partial charge in [-0.1, -0.05) is 18.2 Å². The number of Topliss-reactive ketones (excluding diaryl/α,β-unsaturated/α-hetero) is 1. The van der Waals surface area contributed by atoms with Crippen LogP contribution in [-0.4, -0.2) is 28.4 Å². The molecule has 1 aromatic carbocycles. The molecule has 0 N–H and O–H groups in total. The number of rotatable bonds is 5. The molecule has 0 atom stereocenters. The molecule has 2 aromatic rings. The van der Waals surface area contributed by atoms with Crippen LogP contribution >= 0.6 is 0 Å². The van der Waals surface area contributed by atoms with E-state index in [9.17, 15) is 14.0 Å². The minimum atomic E-state index is -0.323. The van der Waals surface area contributed by atoms with Gasteiger partial charge in [0.05, 0.1) is 0 Å². The predicted octanol–water partition coefficient (Wildman–Crippen LogP) is 2.34. The maximum Gasteiger partial charge on any atom is 0.293 e. The number of ketones is 1. The van der Waals surface area contributed by atoms with Crippen molar-refractivity contribution in [2.24, 2.45) is 13.0 Å². The average molecular weight is 343 g/mol. The van der Waals surface area contributed by atoms with Crippen LogP contribution in [0.5, 0.6) is 0 Å². The number of aromatic nitrogens is 2. The van der Waals surface area contributed by atoms with E-state index in [-0.39, 0.29) is 29.5 Å². The van der Waals surface area contributed by atoms with E-state index in [1.165, 1.54) is 10.6 Å². The molecule has 1 saturated heterocycles. The van der Waals surface area contributed by atoms with Gasteiger partial charge in [-0.25, -0.2) is 9.37 Å². The third kappa shape index (κ3) is 4.13. The topological polar surface area (TPSA) is 55.2 Å². The van der Waals surface area contributed by atoms with Crippen molar-refractivity contribution in [2.75, 3.05) is 18.0 Å². The first-order valence-electron chi connectivity index (χ1n) is 8.56. The van der Waals surface area contributed by atoms with Crippen molar-refractivity contribution in [3.05, 3.63) is 58.4 Å². The van der Waals surface area contributed by atoms with E-state index in [2.05, 4.69) is 4.98 Å². The van der Waals surface area contributed by atoms with Crippen molar-refractivity contribution in [3.63, 3.8) is 0 Å². The molecule has 1 aliphatic rings. The average Bonchev–Trinajstić information content (AvgIpc) is 2.60. The Morgan fingerprint density at radius 1 is 1.28 bits per heavy atom. The predicted molar refractivity (Wildman–Crippen MR) is 94.1 cm³/mol. The summed E-state index contributed by atoms with van der Waals surface area (Å²) in [6, 6.07) is 6.42. The molecular formula is C19H22FN3O2. The van der Waals surface area contributed by atoms with Crippen LogP contribution in [0.4, 0.5) is 10.2 Å². The number of carbonyl (C=O) groups excluding carboxylic acids is 1. The second kappa shape index (κ2) is 7.59. The molecule has 132 valence electrons. The van der Waals surface area contributed by atoms with Crippen LogP contribution in [0, 0.1) is 11.7 Å². The Kier molecular flexibility index (Phi) is 5.26. The number of halogens is 1. The van der Waals surface area contributed by atoms with Crippen molar-refractivity contribution in [3.8, 4) is 0 Å². The van der Waals surface area contributed by atoms with Crippen molar-refractivity contribution in [1.29, 1.82) is 0 Å². The Bertz CT molecular complexity index is 810. The highest BCUT2D eigenvalue weighted by Gasteiger charge is 2.24. The van der Waals surface area contributed by atoms with Gasteiger partial charge in [0, 0.05) is 45.4 Å². The van der Waals surface area contributed by atoms with Crippen LogP contribution < -0.4 is 10.5 Å². The standard InChI is InChI=1S/C19H22FN3O2/c1-22-11-8-21-18(19(22)25)23-9-6-14(7-10-23)12-16(24)13-15-4-2-3-5-17(15)20/h2-5,8,11,14H,6-7,9-10,12-13H2,1H3. The number of hydrogen-bond acceptors (Lipinski definition) is 4. The maximum atomic E-state index is 13.6. The fourth-order valence-corrected chi connectivity index (χ4v) is 3.30. The highest BCUT2D eigenvalue weighted by Crippen LogP contribution is 2.23. The number of piperidine rings is 1. The summed E-state index contributed by atoms with van der Waals surface area (Å²) in [4.78, 5) is 30.6. The minimum Gasteiger partial charge on any atom is -0.352 e. The Hall–Kier alpha value is -2.50. The second-order valence-electron chi connectivity index (χ2n) is 6.61. The molecule has 25 heavy (non-hydrogen) atoms. The maximum absolute atomic E-state index is 13.6. The molecule has 0 amide bonds. The van der Waals surface area contributed by atoms with Gasteiger partial charge in [-0.3, -0.25) is 9.59 Å². The monoisotopic (exact) mass is 343 g/mol. The van der Waals surface area contributed by atoms with E-state index in [1.54, 1.807) is 37.6 Å². The summed E-state index contributed by atoms with van der Waals surface area (Å²) in [5, 5.41) is 0. The van der Waals surface area contributed by atoms with Gasteiger partial charge in [-0.2, -0.15) is 0 Å². The van der Waals surface area contributed by atoms with Crippen molar-refractivity contribution in [1.82, 2.24) is 9.55 Å². The quantitative estimate of drug-likeness (QED) is 0.836. The zero-order valence-electron chi connectivity index (χ0n) is 14.3. The van der Waals surface area contributed by atoms with Gasteiger partial charge in [0.15, 0.2) is 5.82 Å². The largest absolute Gasteiger partial charge is 0.352 e. The summed E-state index contributed by atoms with van der Waals surface area (Å²) >= 11 is 0. The van der Waals surface area contributed by atoms with Gasteiger partial charge in [0.2, 0.25) is 0 Å². The number of nitrogens with zero attached hydrogens (tertiary/aromatic N) is 3. The molecule has 0 aliphatic carbocycles. The van der Waals surface area contributed by atoms with Gasteiger partial charge in [-0.05, 0) is 30.4 Å². The molecular weight excluding hydrogens is 321 g/mol. The third-order valence-electron chi connectivity index (χ3n) is 4.77. The van der Waals surface area contributed by atoms with E-state index in [0.717, 1.165) is 12.8 Å². The fraction of sp³-hybridized carbons (Fsp3) is 0.421. The van der Waals surface area contributed by atoms with E-state index in [1.807, 2.05) is 4.90 Å². The Labute approximate surface area is 146 Å². The SMILES string of the molecule is Cn1ccnc(N2CCC(CC(=O)Cc3ccccc3F)CC2)c1=O. The van der Waals surface area contributed by atoms with Crippen LogP contribution in [-0.2, 0) is 18.3 Å². The van der Waals surface area contributed by atoms with Gasteiger partial charge in [0.1, 0.15) is 11.6 Å². The van der Waals surface area contributed by atoms with Gasteiger partial charge in [-0.15, -0.1) is 0 Å². The molecule has 0 radical (unpaired) electrons. The summed E-state index contributed by atoms with van der Waals surface area (Å²) in [5.41, 5.74) is 0.360. The zero-order chi connectivity index (χ0) is 17.8. The van der Waals surface area contributed by atoms with E-state index < -0.39 is 0 Å². The number of anilines is 1. The summed E-state index contributed by atoms with van der Waals surface area (Å²) < 4.78 is 15.2. The lowest BCUT2D eigenvalue weighted by atomic mass is 9.90. The van der Waals surface area contributed by atoms with E-state index in [4.69, 9.17) is 0 Å². The summed E-state index contributed by atoms with van der Waals surface area (Å²) in [5.74, 6) is 0.498. The Morgan fingerprint density at radius 3 is 2.72 bits per heavy atom. The molecule has 2 heterocycles. The van der Waals surface area contributed by atoms with Crippen molar-refractivity contribution in [2.45, 2.75) is 25.7 Å². The molecule has 1 aromatic heterocycles. The minimum absolute atomic E-state index is 0.0669. The molecule has 0 bridgehead atoms. The molecule has 1 fully saturated rings. The normalized spacial score (nSPS) is 15.4. The number of aryl methyl sites for hydroxylation is 1. The molecule has 3 rings (SSSR count). The molecule has 0 unspecified atom stereocenters. The van der Waals surface area contributed by atoms with E-state index in [0.29, 0.717) is 30.9 Å². The molecule has 5 nitrogen and oxygen atoms in total. The van der Waals surface area contributed by atoms with Gasteiger partial charge in [0.25, 0.3) is 5.56 Å². The Morgan fingerprint density at radius 2 is 2.00 bits per heavy atom. The van der Waals surface area contributed by atoms with Crippen LogP contribution in [0.3, 0.4) is 0 Å². The number of carbonyl (C=O) groups is 1. The third-order valence-corrected chi connectivity index (χ3v) is 4.77. The lowest BCUT2D eigenvalue weighted by Gasteiger charge is -2.32. The van der Waals surface area contributed by atoms with Crippen LogP contribution in [0.15, 0.2) is 41.5 Å². The van der Waals surface area contributed by atoms with Gasteiger partial charge < -0.3 is 9.47 Å². The first-order valence-corrected chi connectivity index (χ1v) is 8.56. The number of benzene rings is 1. The second-order valence-corrected chi connectivity index (χ2v) is 6.61. The lowest BCUT2D eigenvalue weighted by molar-refractivity contribution is -0.119. The number of hydrogen-bond donors (Lipinski definition) is 0. The molecule has 0 spiro atoms. The fourth-order valence-electron chi connectivity index (χ4n) is 3.30. The van der Waals surface area contributed by atoms with Crippen molar-refractivity contribution >= 4 is 11.6 Å². The molecule has 6 heteroatoms. The smallest absolute Gasteiger partial charge is 0.293 e. The summed E-state index contributed by atoms with van der Waals surface area (Å²) in [7, 11) is 1.71. The summed E-state index contributed by atoms with van der Waals surface area (Å²) in [6.45, 7) is 1.42. The highest BCUT2D eigenvalue weighted by atomic mass is 19.1. The van der Waals surface area contributed by atoms with Crippen LogP contribution in [0.25, 0.3) is 0 Å². The molecule has 1 aliphatic heterocycles. The highest BCUT2D eigenvalue weighted by molar-refractivity contribution is 5.81. The zero-order valence-corrected chi connectivity index (χ0v) is 14.3. The van der Waals surface area contributed by atoms with Gasteiger partial charge >= 0.3 is 0 Å². The van der Waals surface area contributed by atoms with Crippen molar-refractivity contribution < 1.29 is 9.18 Å².